The predicted octanol–water partition coefficient (Wildman–Crippen LogP) is 7.73. The van der Waals surface area contributed by atoms with Gasteiger partial charge in [-0.2, -0.15) is 0 Å². The van der Waals surface area contributed by atoms with Crippen molar-refractivity contribution in [2.45, 2.75) is 60.4 Å². The van der Waals surface area contributed by atoms with Gasteiger partial charge in [0.2, 0.25) is 12.2 Å². The molecule has 0 aliphatic heterocycles. The number of halogens is 2. The Balaban J connectivity index is 0. The largest absolute Gasteiger partial charge is 0.493 e. The third-order valence-corrected chi connectivity index (χ3v) is 5.33. The summed E-state index contributed by atoms with van der Waals surface area (Å²) in [7, 11) is 6.19. The molecular weight excluding hydrogens is 552 g/mol. The molecule has 1 aromatic heterocycles. The van der Waals surface area contributed by atoms with E-state index in [4.69, 9.17) is 19.0 Å². The fourth-order valence-corrected chi connectivity index (χ4v) is 3.23. The van der Waals surface area contributed by atoms with E-state index in [1.165, 1.54) is 44.8 Å². The Bertz CT molecular complexity index is 1120. The Morgan fingerprint density at radius 1 is 1.02 bits per heavy atom. The Morgan fingerprint density at radius 3 is 2.16 bits per heavy atom. The van der Waals surface area contributed by atoms with Gasteiger partial charge in [0.05, 0.1) is 21.3 Å². The molecule has 0 radical (unpaired) electrons. The minimum atomic E-state index is -0.591. The SMILES string of the molecule is CC.CCCCNCc1ccncc1.CNC=O.C\C=C(OC)/C(OC)=C(\C=C\C/C(C)=C/c1ccc(F)cc1F)OC. The highest BCUT2D eigenvalue weighted by molar-refractivity contribution is 5.53. The molecule has 0 aliphatic rings. The number of amides is 1. The predicted molar refractivity (Wildman–Crippen MR) is 173 cm³/mol. The molecule has 0 aliphatic carbocycles. The molecule has 0 unspecified atom stereocenters. The maximum absolute atomic E-state index is 13.7. The normalized spacial score (nSPS) is 11.4. The maximum Gasteiger partial charge on any atom is 0.206 e. The standard InChI is InChI=1S/C20H24F2O3.C10H16N2.C2H5NO.C2H6/c1-6-18(23-3)20(25-5)19(24-4)9-7-8-14(2)12-15-10-11-16(21)13-17(15)22;1-2-3-6-12-9-10-4-7-11-8-5-10;1-3-2-4;1-2/h6-7,9-13H,8H2,1-5H3;4-5,7-8,12H,2-3,6,9H2,1H3;2H,1H3,(H,3,4);1-2H3/b9-7+,14-12+,18-6+,20-19-;;;. The van der Waals surface area contributed by atoms with E-state index < -0.39 is 11.6 Å². The molecular formula is C34H51F2N3O4. The van der Waals surface area contributed by atoms with Gasteiger partial charge in [0.25, 0.3) is 0 Å². The van der Waals surface area contributed by atoms with Crippen molar-refractivity contribution in [3.05, 3.63) is 107 Å². The minimum Gasteiger partial charge on any atom is -0.493 e. The number of benzene rings is 1. The van der Waals surface area contributed by atoms with E-state index in [2.05, 4.69) is 22.5 Å². The van der Waals surface area contributed by atoms with Gasteiger partial charge in [-0.15, -0.1) is 0 Å². The number of carbonyl (C=O) groups excluding carboxylic acids is 1. The summed E-state index contributed by atoms with van der Waals surface area (Å²) in [6.45, 7) is 12.0. The second-order valence-corrected chi connectivity index (χ2v) is 8.51. The average Bonchev–Trinajstić information content (AvgIpc) is 3.04. The minimum absolute atomic E-state index is 0.350. The maximum atomic E-state index is 13.7. The van der Waals surface area contributed by atoms with Crippen molar-refractivity contribution < 1.29 is 27.8 Å². The molecule has 1 aromatic carbocycles. The lowest BCUT2D eigenvalue weighted by Crippen LogP contribution is -2.14. The van der Waals surface area contributed by atoms with Crippen molar-refractivity contribution >= 4 is 12.5 Å². The van der Waals surface area contributed by atoms with E-state index >= 15 is 0 Å². The smallest absolute Gasteiger partial charge is 0.206 e. The first kappa shape index (κ1) is 41.2. The van der Waals surface area contributed by atoms with Crippen molar-refractivity contribution in [1.82, 2.24) is 15.6 Å². The molecule has 0 fully saturated rings. The summed E-state index contributed by atoms with van der Waals surface area (Å²) in [5, 5.41) is 5.62. The van der Waals surface area contributed by atoms with Gasteiger partial charge in [-0.3, -0.25) is 9.78 Å². The number of nitrogens with one attached hydrogen (secondary N) is 2. The lowest BCUT2D eigenvalue weighted by Gasteiger charge is -2.12. The topological polar surface area (TPSA) is 81.7 Å². The third-order valence-electron chi connectivity index (χ3n) is 5.33. The summed E-state index contributed by atoms with van der Waals surface area (Å²) in [5.41, 5.74) is 2.57. The molecule has 2 rings (SSSR count). The van der Waals surface area contributed by atoms with Crippen LogP contribution in [0, 0.1) is 11.6 Å². The van der Waals surface area contributed by atoms with Crippen molar-refractivity contribution in [1.29, 1.82) is 0 Å². The highest BCUT2D eigenvalue weighted by Crippen LogP contribution is 2.20. The van der Waals surface area contributed by atoms with Crippen LogP contribution in [0.3, 0.4) is 0 Å². The van der Waals surface area contributed by atoms with Crippen LogP contribution >= 0.6 is 0 Å². The molecule has 240 valence electrons. The molecule has 0 atom stereocenters. The number of rotatable bonds is 14. The first-order valence-electron chi connectivity index (χ1n) is 14.3. The van der Waals surface area contributed by atoms with Gasteiger partial charge in [0, 0.05) is 37.6 Å². The summed E-state index contributed by atoms with van der Waals surface area (Å²) in [4.78, 5) is 13.0. The number of aromatic nitrogens is 1. The summed E-state index contributed by atoms with van der Waals surface area (Å²) in [6, 6.07) is 7.60. The summed E-state index contributed by atoms with van der Waals surface area (Å²) < 4.78 is 42.5. The molecule has 0 bridgehead atoms. The van der Waals surface area contributed by atoms with Crippen LogP contribution in [0.2, 0.25) is 0 Å². The van der Waals surface area contributed by atoms with E-state index in [0.29, 0.717) is 35.7 Å². The number of unbranched alkanes of at least 4 members (excludes halogenated alkanes) is 1. The van der Waals surface area contributed by atoms with Gasteiger partial charge in [-0.25, -0.2) is 8.78 Å². The van der Waals surface area contributed by atoms with E-state index in [1.807, 2.05) is 58.3 Å². The Labute approximate surface area is 257 Å². The number of hydrogen-bond acceptors (Lipinski definition) is 6. The van der Waals surface area contributed by atoms with Gasteiger partial charge in [-0.05, 0) is 75.2 Å². The molecule has 1 heterocycles. The lowest BCUT2D eigenvalue weighted by molar-refractivity contribution is -0.109. The van der Waals surface area contributed by atoms with E-state index in [-0.39, 0.29) is 0 Å². The lowest BCUT2D eigenvalue weighted by atomic mass is 10.1. The van der Waals surface area contributed by atoms with E-state index in [0.717, 1.165) is 24.7 Å². The number of hydrogen-bond donors (Lipinski definition) is 2. The number of methoxy groups -OCH3 is 3. The second-order valence-electron chi connectivity index (χ2n) is 8.51. The Morgan fingerprint density at radius 2 is 1.67 bits per heavy atom. The number of allylic oxidation sites excluding steroid dienone is 4. The highest BCUT2D eigenvalue weighted by atomic mass is 19.1. The first-order chi connectivity index (χ1) is 20.8. The van der Waals surface area contributed by atoms with Gasteiger partial charge >= 0.3 is 0 Å². The van der Waals surface area contributed by atoms with Crippen LogP contribution in [0.4, 0.5) is 8.78 Å². The molecule has 1 amide bonds. The molecule has 9 heteroatoms. The van der Waals surface area contributed by atoms with Crippen molar-refractivity contribution in [2.75, 3.05) is 34.9 Å². The molecule has 2 aromatic rings. The zero-order chi connectivity index (χ0) is 32.9. The van der Waals surface area contributed by atoms with Crippen molar-refractivity contribution in [3.63, 3.8) is 0 Å². The fraction of sp³-hybridized carbons (Fsp3) is 0.412. The zero-order valence-electron chi connectivity index (χ0n) is 27.3. The first-order valence-corrected chi connectivity index (χ1v) is 14.3. The summed E-state index contributed by atoms with van der Waals surface area (Å²) in [6.07, 6.45) is 14.4. The van der Waals surface area contributed by atoms with Crippen LogP contribution in [0.25, 0.3) is 6.08 Å². The van der Waals surface area contributed by atoms with Gasteiger partial charge in [0.15, 0.2) is 11.5 Å². The van der Waals surface area contributed by atoms with Crippen molar-refractivity contribution in [2.24, 2.45) is 0 Å². The highest BCUT2D eigenvalue weighted by Gasteiger charge is 2.11. The average molecular weight is 604 g/mol. The van der Waals surface area contributed by atoms with Gasteiger partial charge < -0.3 is 24.8 Å². The summed E-state index contributed by atoms with van der Waals surface area (Å²) in [5.74, 6) is 0.380. The number of pyridine rings is 1. The molecule has 43 heavy (non-hydrogen) atoms. The molecule has 2 N–H and O–H groups in total. The van der Waals surface area contributed by atoms with Crippen LogP contribution in [0.5, 0.6) is 0 Å². The number of carbonyl (C=O) groups is 1. The van der Waals surface area contributed by atoms with Gasteiger partial charge in [-0.1, -0.05) is 44.9 Å². The monoisotopic (exact) mass is 603 g/mol. The van der Waals surface area contributed by atoms with Crippen molar-refractivity contribution in [3.8, 4) is 0 Å². The Kier molecular flexibility index (Phi) is 26.9. The number of nitrogens with zero attached hydrogens (tertiary/aromatic N) is 1. The third kappa shape index (κ3) is 19.7. The van der Waals surface area contributed by atoms with E-state index in [9.17, 15) is 8.78 Å². The zero-order valence-corrected chi connectivity index (χ0v) is 27.3. The molecule has 0 saturated carbocycles. The van der Waals surface area contributed by atoms with E-state index in [1.54, 1.807) is 32.4 Å². The second kappa shape index (κ2) is 28.2. The van der Waals surface area contributed by atoms with Crippen LogP contribution in [0.15, 0.2) is 83.8 Å². The molecule has 0 saturated heterocycles. The quantitative estimate of drug-likeness (QED) is 0.0996. The summed E-state index contributed by atoms with van der Waals surface area (Å²) >= 11 is 0. The molecule has 0 spiro atoms. The van der Waals surface area contributed by atoms with Gasteiger partial charge in [0.1, 0.15) is 11.6 Å². The van der Waals surface area contributed by atoms with Crippen LogP contribution in [-0.2, 0) is 25.5 Å². The van der Waals surface area contributed by atoms with Crippen LogP contribution in [-0.4, -0.2) is 46.3 Å². The fourth-order valence-electron chi connectivity index (χ4n) is 3.23. The van der Waals surface area contributed by atoms with Crippen LogP contribution in [0.1, 0.15) is 65.0 Å². The number of ether oxygens (including phenoxy) is 3. The van der Waals surface area contributed by atoms with Crippen LogP contribution < -0.4 is 10.6 Å². The Hall–Kier alpha value is -3.98. The molecule has 7 nitrogen and oxygen atoms in total.